The molecule has 0 bridgehead atoms. The number of nitrogens with zero attached hydrogens (tertiary/aromatic N) is 2. The molecule has 3 heterocycles. The van der Waals surface area contributed by atoms with E-state index in [9.17, 15) is 28.2 Å². The zero-order valence-electron chi connectivity index (χ0n) is 18.0. The Labute approximate surface area is 194 Å². The van der Waals surface area contributed by atoms with E-state index in [4.69, 9.17) is 5.73 Å². The minimum Gasteiger partial charge on any atom is -0.477 e. The van der Waals surface area contributed by atoms with Crippen molar-refractivity contribution in [2.45, 2.75) is 36.6 Å². The van der Waals surface area contributed by atoms with Crippen LogP contribution in [0.1, 0.15) is 19.4 Å². The summed E-state index contributed by atoms with van der Waals surface area (Å²) in [5.74, 6) is -1.79. The summed E-state index contributed by atoms with van der Waals surface area (Å²) in [6.07, 6.45) is -0.385. The molecule has 33 heavy (non-hydrogen) atoms. The first-order chi connectivity index (χ1) is 15.5. The van der Waals surface area contributed by atoms with Gasteiger partial charge in [0.2, 0.25) is 5.91 Å². The number of hydrogen-bond donors (Lipinski definition) is 3. The maximum absolute atomic E-state index is 13.5. The normalized spacial score (nSPS) is 26.1. The first-order valence-corrected chi connectivity index (χ1v) is 12.8. The summed E-state index contributed by atoms with van der Waals surface area (Å²) >= 11 is 1.12. The average molecular weight is 490 g/mol. The molecule has 1 saturated heterocycles. The van der Waals surface area contributed by atoms with Crippen LogP contribution in [-0.2, 0) is 26.0 Å². The number of aliphatic hydroxyl groups is 1. The van der Waals surface area contributed by atoms with Gasteiger partial charge in [-0.3, -0.25) is 14.0 Å². The monoisotopic (exact) mass is 489 g/mol. The van der Waals surface area contributed by atoms with Crippen LogP contribution in [0.4, 0.5) is 5.69 Å². The molecule has 2 aromatic rings. The maximum atomic E-state index is 13.5. The second-order valence-electron chi connectivity index (χ2n) is 8.65. The fourth-order valence-corrected chi connectivity index (χ4v) is 8.23. The smallest absolute Gasteiger partial charge is 0.353 e. The van der Waals surface area contributed by atoms with Gasteiger partial charge < -0.3 is 15.9 Å². The Morgan fingerprint density at radius 2 is 2.03 bits per heavy atom. The molecule has 174 valence electrons. The number of amides is 1. The van der Waals surface area contributed by atoms with Crippen molar-refractivity contribution in [3.8, 4) is 0 Å². The number of anilines is 1. The van der Waals surface area contributed by atoms with Crippen molar-refractivity contribution in [1.82, 2.24) is 4.90 Å². The van der Waals surface area contributed by atoms with Gasteiger partial charge in [-0.15, -0.1) is 0 Å². The highest BCUT2D eigenvalue weighted by Crippen LogP contribution is 2.57. The fraction of sp³-hybridized carbons (Fsp3) is 0.364. The predicted octanol–water partition coefficient (Wildman–Crippen LogP) is 1.45. The second kappa shape index (κ2) is 7.20. The van der Waals surface area contributed by atoms with Gasteiger partial charge in [0.25, 0.3) is 10.0 Å². The Bertz CT molecular complexity index is 1370. The molecular weight excluding hydrogens is 466 g/mol. The summed E-state index contributed by atoms with van der Waals surface area (Å²) in [4.78, 5) is 26.4. The van der Waals surface area contributed by atoms with Crippen molar-refractivity contribution in [2.24, 2.45) is 11.1 Å². The van der Waals surface area contributed by atoms with Gasteiger partial charge in [0, 0.05) is 10.3 Å². The average Bonchev–Trinajstić information content (AvgIpc) is 3.23. The highest BCUT2D eigenvalue weighted by molar-refractivity contribution is 8.04. The van der Waals surface area contributed by atoms with Crippen molar-refractivity contribution in [3.63, 3.8) is 0 Å². The number of carbonyl (C=O) groups excluding carboxylic acids is 1. The Kier molecular flexibility index (Phi) is 4.84. The maximum Gasteiger partial charge on any atom is 0.353 e. The number of aliphatic hydroxyl groups excluding tert-OH is 1. The van der Waals surface area contributed by atoms with Crippen molar-refractivity contribution >= 4 is 50.1 Å². The highest BCUT2D eigenvalue weighted by atomic mass is 32.2. The number of β-lactam (4-membered cyclic amide) rings is 1. The molecule has 2 aromatic carbocycles. The summed E-state index contributed by atoms with van der Waals surface area (Å²) in [6.45, 7) is 3.30. The number of hydrogen-bond acceptors (Lipinski definition) is 7. The number of fused-ring (bicyclic) bond motifs is 1. The summed E-state index contributed by atoms with van der Waals surface area (Å²) in [5, 5.41) is 20.8. The summed E-state index contributed by atoms with van der Waals surface area (Å²) in [7, 11) is -3.93. The summed E-state index contributed by atoms with van der Waals surface area (Å²) < 4.78 is 28.2. The molecule has 3 aliphatic heterocycles. The Morgan fingerprint density at radius 1 is 1.30 bits per heavy atom. The molecule has 0 saturated carbocycles. The number of thioether (sulfide) groups is 1. The van der Waals surface area contributed by atoms with Gasteiger partial charge >= 0.3 is 5.97 Å². The number of nitrogens with two attached hydrogens (primary N) is 1. The Hall–Kier alpha value is -2.60. The molecule has 9 nitrogen and oxygen atoms in total. The number of carboxylic acid groups (broad SMARTS) is 1. The van der Waals surface area contributed by atoms with Crippen LogP contribution >= 0.6 is 11.8 Å². The molecule has 4 N–H and O–H groups in total. The van der Waals surface area contributed by atoms with E-state index in [1.165, 1.54) is 11.2 Å². The molecule has 3 atom stereocenters. The molecular formula is C22H23N3O6S2. The van der Waals surface area contributed by atoms with Gasteiger partial charge in [0.05, 0.1) is 23.2 Å². The minimum absolute atomic E-state index is 0.169. The first kappa shape index (κ1) is 22.2. The summed E-state index contributed by atoms with van der Waals surface area (Å²) in [5.41, 5.74) is 5.76. The van der Waals surface area contributed by atoms with Crippen LogP contribution in [0.15, 0.2) is 45.8 Å². The third kappa shape index (κ3) is 2.76. The van der Waals surface area contributed by atoms with Crippen molar-refractivity contribution in [3.05, 3.63) is 46.5 Å². The van der Waals surface area contributed by atoms with Crippen LogP contribution in [0.3, 0.4) is 0 Å². The topological polar surface area (TPSA) is 141 Å². The molecule has 0 unspecified atom stereocenters. The van der Waals surface area contributed by atoms with Crippen molar-refractivity contribution in [2.75, 3.05) is 17.4 Å². The third-order valence-corrected chi connectivity index (χ3v) is 10.2. The molecule has 5 rings (SSSR count). The van der Waals surface area contributed by atoms with E-state index < -0.39 is 38.8 Å². The standard InChI is InChI=1S/C22H23N3O6S2/c1-11(26)22(2)20(29)25-18(19(27)28)15(32-21(22)25)10-24-14-5-3-4-13-12(8-9-23)6-7-16(17(13)14)33(24,30)31/h3-7,11,21,26H,8-10,23H2,1-2H3,(H,27,28)/t11-,21-,22+/m1/s1. The van der Waals surface area contributed by atoms with E-state index in [2.05, 4.69) is 0 Å². The molecule has 11 heteroatoms. The van der Waals surface area contributed by atoms with E-state index in [-0.39, 0.29) is 22.0 Å². The van der Waals surface area contributed by atoms with Crippen molar-refractivity contribution < 1.29 is 28.2 Å². The molecule has 0 radical (unpaired) electrons. The Balaban J connectivity index is 1.60. The van der Waals surface area contributed by atoms with Crippen LogP contribution in [0.5, 0.6) is 0 Å². The van der Waals surface area contributed by atoms with Gasteiger partial charge in [-0.2, -0.15) is 0 Å². The predicted molar refractivity (Wildman–Crippen MR) is 124 cm³/mol. The lowest BCUT2D eigenvalue weighted by molar-refractivity contribution is -0.170. The number of aliphatic carboxylic acids is 1. The quantitative estimate of drug-likeness (QED) is 0.518. The third-order valence-electron chi connectivity index (χ3n) is 6.86. The Morgan fingerprint density at radius 3 is 2.67 bits per heavy atom. The molecule has 0 spiro atoms. The molecule has 3 aliphatic rings. The van der Waals surface area contributed by atoms with E-state index in [0.29, 0.717) is 24.0 Å². The lowest BCUT2D eigenvalue weighted by Crippen LogP contribution is -2.68. The van der Waals surface area contributed by atoms with Gasteiger partial charge in [-0.25, -0.2) is 13.2 Å². The number of carboxylic acids is 1. The van der Waals surface area contributed by atoms with Crippen LogP contribution in [0.2, 0.25) is 0 Å². The van der Waals surface area contributed by atoms with Gasteiger partial charge in [0.1, 0.15) is 16.5 Å². The largest absolute Gasteiger partial charge is 0.477 e. The van der Waals surface area contributed by atoms with E-state index >= 15 is 0 Å². The van der Waals surface area contributed by atoms with E-state index in [1.54, 1.807) is 31.2 Å². The number of benzene rings is 2. The van der Waals surface area contributed by atoms with Gasteiger partial charge in [0.15, 0.2) is 0 Å². The fourth-order valence-electron chi connectivity index (χ4n) is 4.87. The lowest BCUT2D eigenvalue weighted by atomic mass is 9.75. The number of sulfonamides is 1. The molecule has 1 amide bonds. The minimum atomic E-state index is -3.93. The zero-order chi connectivity index (χ0) is 23.9. The number of rotatable bonds is 6. The van der Waals surface area contributed by atoms with E-state index in [0.717, 1.165) is 27.6 Å². The van der Waals surface area contributed by atoms with Gasteiger partial charge in [-0.05, 0) is 49.9 Å². The first-order valence-electron chi connectivity index (χ1n) is 10.5. The van der Waals surface area contributed by atoms with Crippen LogP contribution in [0.25, 0.3) is 10.8 Å². The SMILES string of the molecule is C[C@@H](O)[C@@]1(C)C(=O)N2C(C(=O)O)=C(CN3c4cccc5c(CCN)ccc(c45)S3(=O)=O)S[C@@H]21. The zero-order valence-corrected chi connectivity index (χ0v) is 19.6. The van der Waals surface area contributed by atoms with Crippen LogP contribution in [0, 0.1) is 5.41 Å². The van der Waals surface area contributed by atoms with Crippen molar-refractivity contribution in [1.29, 1.82) is 0 Å². The van der Waals surface area contributed by atoms with E-state index in [1.807, 2.05) is 6.07 Å². The molecule has 0 aromatic heterocycles. The van der Waals surface area contributed by atoms with Crippen LogP contribution in [-0.4, -0.2) is 60.0 Å². The summed E-state index contributed by atoms with van der Waals surface area (Å²) in [6, 6.07) is 8.66. The van der Waals surface area contributed by atoms with Gasteiger partial charge in [-0.1, -0.05) is 30.0 Å². The number of carbonyl (C=O) groups is 2. The lowest BCUT2D eigenvalue weighted by Gasteiger charge is -2.52. The second-order valence-corrected chi connectivity index (χ2v) is 11.7. The highest BCUT2D eigenvalue weighted by Gasteiger charge is 2.66. The molecule has 0 aliphatic carbocycles. The van der Waals surface area contributed by atoms with Crippen LogP contribution < -0.4 is 10.0 Å². The molecule has 1 fully saturated rings.